The van der Waals surface area contributed by atoms with Crippen molar-refractivity contribution >= 4 is 11.9 Å². The van der Waals surface area contributed by atoms with Crippen LogP contribution in [0.4, 0.5) is 5.95 Å². The Morgan fingerprint density at radius 1 is 1.05 bits per heavy atom. The topological polar surface area (TPSA) is 54.9 Å². The standard InChI is InChI=1S/C16H19N3O/c1-10(2)13-5-7-14(8-6-13)15(20)19-16-17-11(3)9-12(4)18-16/h5-10H,1-4H3,(H,17,18,19,20). The number of nitrogens with one attached hydrogen (secondary N) is 1. The smallest absolute Gasteiger partial charge is 0.258 e. The number of amides is 1. The molecule has 0 unspecified atom stereocenters. The van der Waals surface area contributed by atoms with E-state index in [1.54, 1.807) is 0 Å². The van der Waals surface area contributed by atoms with Crippen molar-refractivity contribution in [3.63, 3.8) is 0 Å². The molecule has 4 nitrogen and oxygen atoms in total. The highest BCUT2D eigenvalue weighted by Crippen LogP contribution is 2.15. The summed E-state index contributed by atoms with van der Waals surface area (Å²) in [5, 5.41) is 2.73. The van der Waals surface area contributed by atoms with Crippen LogP contribution in [0.15, 0.2) is 30.3 Å². The van der Waals surface area contributed by atoms with Crippen LogP contribution < -0.4 is 5.32 Å². The summed E-state index contributed by atoms with van der Waals surface area (Å²) in [7, 11) is 0. The minimum Gasteiger partial charge on any atom is -0.290 e. The molecule has 2 rings (SSSR count). The van der Waals surface area contributed by atoms with E-state index in [1.165, 1.54) is 5.56 Å². The first-order chi connectivity index (χ1) is 9.45. The van der Waals surface area contributed by atoms with Crippen molar-refractivity contribution in [1.29, 1.82) is 0 Å². The molecule has 4 heteroatoms. The van der Waals surface area contributed by atoms with Gasteiger partial charge in [-0.3, -0.25) is 10.1 Å². The van der Waals surface area contributed by atoms with Gasteiger partial charge >= 0.3 is 0 Å². The summed E-state index contributed by atoms with van der Waals surface area (Å²) in [6.07, 6.45) is 0. The van der Waals surface area contributed by atoms with Crippen LogP contribution in [0.2, 0.25) is 0 Å². The normalized spacial score (nSPS) is 10.7. The summed E-state index contributed by atoms with van der Waals surface area (Å²) >= 11 is 0. The molecule has 0 fully saturated rings. The van der Waals surface area contributed by atoms with Crippen LogP contribution in [0.5, 0.6) is 0 Å². The van der Waals surface area contributed by atoms with Gasteiger partial charge in [0.2, 0.25) is 5.95 Å². The van der Waals surface area contributed by atoms with E-state index in [9.17, 15) is 4.79 Å². The monoisotopic (exact) mass is 269 g/mol. The third kappa shape index (κ3) is 3.41. The number of rotatable bonds is 3. The Morgan fingerprint density at radius 2 is 1.60 bits per heavy atom. The molecule has 0 bridgehead atoms. The van der Waals surface area contributed by atoms with Crippen molar-refractivity contribution in [1.82, 2.24) is 9.97 Å². The maximum atomic E-state index is 12.1. The molecule has 0 spiro atoms. The lowest BCUT2D eigenvalue weighted by atomic mass is 10.0. The van der Waals surface area contributed by atoms with E-state index in [0.717, 1.165) is 11.4 Å². The molecular weight excluding hydrogens is 250 g/mol. The van der Waals surface area contributed by atoms with Crippen LogP contribution in [0, 0.1) is 13.8 Å². The minimum absolute atomic E-state index is 0.190. The van der Waals surface area contributed by atoms with Crippen molar-refractivity contribution in [2.24, 2.45) is 0 Å². The summed E-state index contributed by atoms with van der Waals surface area (Å²) in [6, 6.07) is 9.47. The highest BCUT2D eigenvalue weighted by Gasteiger charge is 2.09. The van der Waals surface area contributed by atoms with Crippen LogP contribution >= 0.6 is 0 Å². The number of carbonyl (C=O) groups excluding carboxylic acids is 1. The lowest BCUT2D eigenvalue weighted by molar-refractivity contribution is 0.102. The molecule has 1 aromatic carbocycles. The average Bonchev–Trinajstić information content (AvgIpc) is 2.37. The summed E-state index contributed by atoms with van der Waals surface area (Å²) in [4.78, 5) is 20.5. The van der Waals surface area contributed by atoms with Gasteiger partial charge < -0.3 is 0 Å². The Hall–Kier alpha value is -2.23. The molecular formula is C16H19N3O. The number of benzene rings is 1. The molecule has 20 heavy (non-hydrogen) atoms. The van der Waals surface area contributed by atoms with Gasteiger partial charge in [-0.25, -0.2) is 9.97 Å². The number of carbonyl (C=O) groups is 1. The van der Waals surface area contributed by atoms with E-state index in [1.807, 2.05) is 44.2 Å². The SMILES string of the molecule is Cc1cc(C)nc(NC(=O)c2ccc(C(C)C)cc2)n1. The van der Waals surface area contributed by atoms with Crippen LogP contribution in [0.1, 0.15) is 47.1 Å². The van der Waals surface area contributed by atoms with Gasteiger partial charge in [0, 0.05) is 17.0 Å². The predicted octanol–water partition coefficient (Wildman–Crippen LogP) is 3.47. The summed E-state index contributed by atoms with van der Waals surface area (Å²) < 4.78 is 0. The van der Waals surface area contributed by atoms with Crippen molar-refractivity contribution in [2.45, 2.75) is 33.6 Å². The van der Waals surface area contributed by atoms with Crippen LogP contribution in [0.25, 0.3) is 0 Å². The molecule has 0 aliphatic rings. The highest BCUT2D eigenvalue weighted by atomic mass is 16.1. The number of aryl methyl sites for hydroxylation is 2. The molecule has 104 valence electrons. The molecule has 0 saturated heterocycles. The zero-order valence-corrected chi connectivity index (χ0v) is 12.3. The fraction of sp³-hybridized carbons (Fsp3) is 0.312. The van der Waals surface area contributed by atoms with E-state index in [4.69, 9.17) is 0 Å². The largest absolute Gasteiger partial charge is 0.290 e. The molecule has 0 atom stereocenters. The molecule has 0 aliphatic carbocycles. The first-order valence-corrected chi connectivity index (χ1v) is 6.69. The maximum absolute atomic E-state index is 12.1. The summed E-state index contributed by atoms with van der Waals surface area (Å²) in [5.41, 5.74) is 3.49. The Balaban J connectivity index is 2.15. The highest BCUT2D eigenvalue weighted by molar-refractivity contribution is 6.03. The molecule has 2 aromatic rings. The number of aromatic nitrogens is 2. The Labute approximate surface area is 119 Å². The van der Waals surface area contributed by atoms with Crippen LogP contribution in [0.3, 0.4) is 0 Å². The fourth-order valence-corrected chi connectivity index (χ4v) is 1.97. The lowest BCUT2D eigenvalue weighted by Crippen LogP contribution is -2.15. The number of hydrogen-bond donors (Lipinski definition) is 1. The molecule has 0 radical (unpaired) electrons. The van der Waals surface area contributed by atoms with E-state index in [-0.39, 0.29) is 5.91 Å². The second-order valence-electron chi connectivity index (χ2n) is 5.21. The van der Waals surface area contributed by atoms with Gasteiger partial charge in [-0.2, -0.15) is 0 Å². The quantitative estimate of drug-likeness (QED) is 0.928. The molecule has 1 N–H and O–H groups in total. The van der Waals surface area contributed by atoms with Crippen molar-refractivity contribution in [2.75, 3.05) is 5.32 Å². The fourth-order valence-electron chi connectivity index (χ4n) is 1.97. The average molecular weight is 269 g/mol. The second-order valence-corrected chi connectivity index (χ2v) is 5.21. The molecule has 0 aliphatic heterocycles. The predicted molar refractivity (Wildman–Crippen MR) is 80.0 cm³/mol. The third-order valence-corrected chi connectivity index (χ3v) is 3.05. The molecule has 1 aromatic heterocycles. The van der Waals surface area contributed by atoms with Crippen LogP contribution in [-0.4, -0.2) is 15.9 Å². The Bertz CT molecular complexity index is 598. The van der Waals surface area contributed by atoms with Gasteiger partial charge in [0.05, 0.1) is 0 Å². The van der Waals surface area contributed by atoms with Crippen molar-refractivity contribution in [3.8, 4) is 0 Å². The van der Waals surface area contributed by atoms with Gasteiger partial charge in [0.25, 0.3) is 5.91 Å². The van der Waals surface area contributed by atoms with Gasteiger partial charge in [0.1, 0.15) is 0 Å². The van der Waals surface area contributed by atoms with Gasteiger partial charge in [0.15, 0.2) is 0 Å². The Kier molecular flexibility index (Phi) is 4.13. The van der Waals surface area contributed by atoms with E-state index < -0.39 is 0 Å². The lowest BCUT2D eigenvalue weighted by Gasteiger charge is -2.08. The summed E-state index contributed by atoms with van der Waals surface area (Å²) in [5.74, 6) is 0.612. The van der Waals surface area contributed by atoms with Crippen molar-refractivity contribution < 1.29 is 4.79 Å². The first kappa shape index (κ1) is 14.2. The maximum Gasteiger partial charge on any atom is 0.258 e. The van der Waals surface area contributed by atoms with Gasteiger partial charge in [-0.15, -0.1) is 0 Å². The first-order valence-electron chi connectivity index (χ1n) is 6.69. The van der Waals surface area contributed by atoms with Crippen molar-refractivity contribution in [3.05, 3.63) is 52.8 Å². The van der Waals surface area contributed by atoms with Crippen LogP contribution in [-0.2, 0) is 0 Å². The minimum atomic E-state index is -0.190. The number of nitrogens with zero attached hydrogens (tertiary/aromatic N) is 2. The number of anilines is 1. The van der Waals surface area contributed by atoms with E-state index in [0.29, 0.717) is 17.4 Å². The van der Waals surface area contributed by atoms with E-state index in [2.05, 4.69) is 29.1 Å². The molecule has 0 saturated carbocycles. The van der Waals surface area contributed by atoms with Gasteiger partial charge in [-0.1, -0.05) is 26.0 Å². The second kappa shape index (κ2) is 5.82. The summed E-state index contributed by atoms with van der Waals surface area (Å²) in [6.45, 7) is 8.00. The number of hydrogen-bond acceptors (Lipinski definition) is 3. The van der Waals surface area contributed by atoms with Gasteiger partial charge in [-0.05, 0) is 43.5 Å². The molecule has 1 heterocycles. The molecule has 1 amide bonds. The zero-order valence-electron chi connectivity index (χ0n) is 12.3. The zero-order chi connectivity index (χ0) is 14.7. The third-order valence-electron chi connectivity index (χ3n) is 3.05. The van der Waals surface area contributed by atoms with E-state index >= 15 is 0 Å². The Morgan fingerprint density at radius 3 is 2.10 bits per heavy atom.